The molecule has 2 aliphatic rings. The summed E-state index contributed by atoms with van der Waals surface area (Å²) in [5.74, 6) is 0. The Morgan fingerprint density at radius 2 is 2.00 bits per heavy atom. The molecule has 8 heteroatoms. The Kier molecular flexibility index (Phi) is 3.84. The molecule has 0 radical (unpaired) electrons. The largest absolute Gasteiger partial charge is 0.368 e. The second kappa shape index (κ2) is 6.13. The summed E-state index contributed by atoms with van der Waals surface area (Å²) in [6.07, 6.45) is 1.72. The van der Waals surface area contributed by atoms with Gasteiger partial charge in [-0.2, -0.15) is 10.2 Å². The van der Waals surface area contributed by atoms with E-state index in [1.54, 1.807) is 12.3 Å². The van der Waals surface area contributed by atoms with Crippen LogP contribution in [0.5, 0.6) is 0 Å². The molecule has 4 rings (SSSR count). The van der Waals surface area contributed by atoms with E-state index in [0.717, 1.165) is 63.7 Å². The Balaban J connectivity index is 1.36. The van der Waals surface area contributed by atoms with Gasteiger partial charge in [0.25, 0.3) is 5.56 Å². The zero-order chi connectivity index (χ0) is 15.6. The summed E-state index contributed by atoms with van der Waals surface area (Å²) in [6, 6.07) is 3.82. The van der Waals surface area contributed by atoms with Crippen molar-refractivity contribution >= 4 is 5.69 Å². The van der Waals surface area contributed by atoms with Crippen molar-refractivity contribution in [1.82, 2.24) is 30.2 Å². The van der Waals surface area contributed by atoms with E-state index >= 15 is 0 Å². The molecule has 122 valence electrons. The molecule has 23 heavy (non-hydrogen) atoms. The first-order valence-corrected chi connectivity index (χ1v) is 8.06. The fourth-order valence-corrected chi connectivity index (χ4v) is 3.26. The number of piperazine rings is 1. The van der Waals surface area contributed by atoms with Crippen LogP contribution in [0.2, 0.25) is 0 Å². The summed E-state index contributed by atoms with van der Waals surface area (Å²) in [5, 5.41) is 14.4. The number of anilines is 1. The van der Waals surface area contributed by atoms with E-state index in [0.29, 0.717) is 0 Å². The number of fused-ring (bicyclic) bond motifs is 1. The molecule has 2 aromatic rings. The lowest BCUT2D eigenvalue weighted by molar-refractivity contribution is 0.246. The molecule has 2 aliphatic heterocycles. The van der Waals surface area contributed by atoms with Crippen LogP contribution in [0.15, 0.2) is 23.1 Å². The Bertz CT molecular complexity index is 706. The minimum atomic E-state index is -0.151. The summed E-state index contributed by atoms with van der Waals surface area (Å²) in [4.78, 5) is 16.0. The zero-order valence-electron chi connectivity index (χ0n) is 13.0. The van der Waals surface area contributed by atoms with Gasteiger partial charge >= 0.3 is 0 Å². The van der Waals surface area contributed by atoms with Gasteiger partial charge in [-0.25, -0.2) is 5.10 Å². The van der Waals surface area contributed by atoms with Crippen LogP contribution < -0.4 is 15.8 Å². The molecule has 0 spiro atoms. The van der Waals surface area contributed by atoms with E-state index in [1.807, 2.05) is 0 Å². The van der Waals surface area contributed by atoms with Crippen LogP contribution in [0.4, 0.5) is 5.69 Å². The number of hydrogen-bond acceptors (Lipinski definition) is 6. The number of rotatable bonds is 3. The van der Waals surface area contributed by atoms with Crippen LogP contribution in [0.3, 0.4) is 0 Å². The van der Waals surface area contributed by atoms with E-state index in [2.05, 4.69) is 36.1 Å². The van der Waals surface area contributed by atoms with Crippen LogP contribution in [0, 0.1) is 0 Å². The lowest BCUT2D eigenvalue weighted by Gasteiger charge is -2.35. The fraction of sp³-hybridized carbons (Fsp3) is 0.533. The Hall–Kier alpha value is -2.19. The predicted molar refractivity (Wildman–Crippen MR) is 86.3 cm³/mol. The SMILES string of the molecule is O=c1cc(N2CCN(Cc3cc4n(n3)CCNC4)CC2)cn[nH]1. The quantitative estimate of drug-likeness (QED) is 0.786. The maximum atomic E-state index is 11.4. The highest BCUT2D eigenvalue weighted by Gasteiger charge is 2.20. The van der Waals surface area contributed by atoms with Crippen LogP contribution in [0.25, 0.3) is 0 Å². The third-order valence-electron chi connectivity index (χ3n) is 4.49. The van der Waals surface area contributed by atoms with Gasteiger partial charge in [-0.1, -0.05) is 0 Å². The number of nitrogens with zero attached hydrogens (tertiary/aromatic N) is 5. The van der Waals surface area contributed by atoms with Gasteiger partial charge in [-0.15, -0.1) is 0 Å². The summed E-state index contributed by atoms with van der Waals surface area (Å²) < 4.78 is 2.12. The van der Waals surface area contributed by atoms with Gasteiger partial charge in [-0.05, 0) is 6.07 Å². The molecule has 0 atom stereocenters. The zero-order valence-corrected chi connectivity index (χ0v) is 13.0. The van der Waals surface area contributed by atoms with Crippen LogP contribution in [-0.4, -0.2) is 57.6 Å². The normalized spacial score (nSPS) is 18.9. The van der Waals surface area contributed by atoms with E-state index < -0.39 is 0 Å². The smallest absolute Gasteiger partial charge is 0.266 e. The highest BCUT2D eigenvalue weighted by Crippen LogP contribution is 2.15. The molecule has 0 amide bonds. The summed E-state index contributed by atoms with van der Waals surface area (Å²) in [6.45, 7) is 7.49. The average Bonchev–Trinajstić information content (AvgIpc) is 2.98. The molecule has 0 unspecified atom stereocenters. The number of hydrogen-bond donors (Lipinski definition) is 2. The number of nitrogens with one attached hydrogen (secondary N) is 2. The highest BCUT2D eigenvalue weighted by atomic mass is 16.1. The lowest BCUT2D eigenvalue weighted by Crippen LogP contribution is -2.46. The van der Waals surface area contributed by atoms with Gasteiger partial charge in [0.2, 0.25) is 0 Å². The van der Waals surface area contributed by atoms with Crippen molar-refractivity contribution in [2.75, 3.05) is 37.6 Å². The fourth-order valence-electron chi connectivity index (χ4n) is 3.26. The number of aromatic amines is 1. The molecule has 0 bridgehead atoms. The minimum Gasteiger partial charge on any atom is -0.368 e. The van der Waals surface area contributed by atoms with E-state index in [9.17, 15) is 4.79 Å². The average molecular weight is 315 g/mol. The van der Waals surface area contributed by atoms with Gasteiger partial charge in [0.05, 0.1) is 29.8 Å². The van der Waals surface area contributed by atoms with Crippen molar-refractivity contribution < 1.29 is 0 Å². The first kappa shape index (κ1) is 14.4. The third kappa shape index (κ3) is 3.13. The van der Waals surface area contributed by atoms with Crippen LogP contribution in [-0.2, 0) is 19.6 Å². The van der Waals surface area contributed by atoms with Gasteiger partial charge in [0.15, 0.2) is 0 Å². The van der Waals surface area contributed by atoms with Crippen molar-refractivity contribution in [3.8, 4) is 0 Å². The van der Waals surface area contributed by atoms with Crippen molar-refractivity contribution in [2.45, 2.75) is 19.6 Å². The minimum absolute atomic E-state index is 0.151. The molecular formula is C15H21N7O. The van der Waals surface area contributed by atoms with Crippen LogP contribution in [0.1, 0.15) is 11.4 Å². The molecule has 2 aromatic heterocycles. The molecule has 1 saturated heterocycles. The molecular weight excluding hydrogens is 294 g/mol. The molecule has 8 nitrogen and oxygen atoms in total. The van der Waals surface area contributed by atoms with Gasteiger partial charge in [0.1, 0.15) is 0 Å². The molecule has 0 aromatic carbocycles. The topological polar surface area (TPSA) is 82.1 Å². The Morgan fingerprint density at radius 1 is 1.13 bits per heavy atom. The van der Waals surface area contributed by atoms with Crippen molar-refractivity contribution in [3.05, 3.63) is 40.1 Å². The second-order valence-corrected chi connectivity index (χ2v) is 6.09. The van der Waals surface area contributed by atoms with Crippen molar-refractivity contribution in [2.24, 2.45) is 0 Å². The highest BCUT2D eigenvalue weighted by molar-refractivity contribution is 5.43. The first-order chi connectivity index (χ1) is 11.3. The predicted octanol–water partition coefficient (Wildman–Crippen LogP) is -0.608. The number of aromatic nitrogens is 4. The molecule has 1 fully saturated rings. The molecule has 0 saturated carbocycles. The van der Waals surface area contributed by atoms with Gasteiger partial charge in [0, 0.05) is 51.9 Å². The maximum absolute atomic E-state index is 11.4. The standard InChI is InChI=1S/C15H21N7O/c23-15-8-13(10-17-18-15)21-5-3-20(4-6-21)11-12-7-14-9-16-1-2-22(14)19-12/h7-8,10,16H,1-6,9,11H2,(H,18,23). The summed E-state index contributed by atoms with van der Waals surface area (Å²) in [5.41, 5.74) is 3.17. The first-order valence-electron chi connectivity index (χ1n) is 8.06. The molecule has 0 aliphatic carbocycles. The second-order valence-electron chi connectivity index (χ2n) is 6.09. The Morgan fingerprint density at radius 3 is 2.78 bits per heavy atom. The number of H-pyrrole nitrogens is 1. The van der Waals surface area contributed by atoms with Crippen molar-refractivity contribution in [1.29, 1.82) is 0 Å². The lowest BCUT2D eigenvalue weighted by atomic mass is 10.2. The van der Waals surface area contributed by atoms with Crippen LogP contribution >= 0.6 is 0 Å². The maximum Gasteiger partial charge on any atom is 0.266 e. The summed E-state index contributed by atoms with van der Waals surface area (Å²) in [7, 11) is 0. The Labute approximate surface area is 134 Å². The van der Waals surface area contributed by atoms with E-state index in [1.165, 1.54) is 5.69 Å². The third-order valence-corrected chi connectivity index (χ3v) is 4.49. The van der Waals surface area contributed by atoms with E-state index in [-0.39, 0.29) is 5.56 Å². The van der Waals surface area contributed by atoms with Gasteiger partial charge in [-0.3, -0.25) is 14.4 Å². The monoisotopic (exact) mass is 315 g/mol. The molecule has 2 N–H and O–H groups in total. The van der Waals surface area contributed by atoms with Crippen molar-refractivity contribution in [3.63, 3.8) is 0 Å². The molecule has 4 heterocycles. The van der Waals surface area contributed by atoms with E-state index in [4.69, 9.17) is 5.10 Å². The summed E-state index contributed by atoms with van der Waals surface area (Å²) >= 11 is 0. The van der Waals surface area contributed by atoms with Gasteiger partial charge < -0.3 is 10.2 Å².